The third-order valence-corrected chi connectivity index (χ3v) is 8.42. The van der Waals surface area contributed by atoms with E-state index in [1.807, 2.05) is 37.3 Å². The van der Waals surface area contributed by atoms with E-state index in [0.717, 1.165) is 11.1 Å². The lowest BCUT2D eigenvalue weighted by atomic mass is 9.92. The number of nitrogens with zero attached hydrogens (tertiary/aromatic N) is 1. The molecular formula is C24H29NO5S2. The zero-order chi connectivity index (χ0) is 23.1. The van der Waals surface area contributed by atoms with Crippen molar-refractivity contribution in [2.75, 3.05) is 24.7 Å². The van der Waals surface area contributed by atoms with Gasteiger partial charge >= 0.3 is 5.97 Å². The van der Waals surface area contributed by atoms with Crippen LogP contribution in [0.3, 0.4) is 0 Å². The van der Waals surface area contributed by atoms with Gasteiger partial charge in [0.05, 0.1) is 23.5 Å². The number of carbonyl (C=O) groups is 2. The summed E-state index contributed by atoms with van der Waals surface area (Å²) in [5.41, 5.74) is 1.89. The Morgan fingerprint density at radius 1 is 1.12 bits per heavy atom. The van der Waals surface area contributed by atoms with Crippen LogP contribution in [-0.4, -0.2) is 55.2 Å². The molecule has 1 heterocycles. The minimum atomic E-state index is -3.82. The van der Waals surface area contributed by atoms with Crippen molar-refractivity contribution in [3.8, 4) is 0 Å². The molecular weight excluding hydrogens is 446 g/mol. The van der Waals surface area contributed by atoms with Crippen molar-refractivity contribution >= 4 is 33.5 Å². The largest absolute Gasteiger partial charge is 0.466 e. The highest BCUT2D eigenvalue weighted by Crippen LogP contribution is 2.27. The second-order valence-corrected chi connectivity index (χ2v) is 10.9. The molecule has 1 aliphatic heterocycles. The lowest BCUT2D eigenvalue weighted by Gasteiger charge is -2.34. The maximum Gasteiger partial charge on any atom is 0.309 e. The molecule has 0 unspecified atom stereocenters. The third kappa shape index (κ3) is 5.99. The average Bonchev–Trinajstić information content (AvgIpc) is 2.79. The van der Waals surface area contributed by atoms with Gasteiger partial charge in [-0.15, -0.1) is 0 Å². The predicted octanol–water partition coefficient (Wildman–Crippen LogP) is 3.48. The van der Waals surface area contributed by atoms with Crippen LogP contribution in [0.2, 0.25) is 0 Å². The summed E-state index contributed by atoms with van der Waals surface area (Å²) in [6, 6.07) is 15.3. The number of hydrogen-bond donors (Lipinski definition) is 0. The minimum absolute atomic E-state index is 0.0567. The van der Waals surface area contributed by atoms with E-state index in [4.69, 9.17) is 4.74 Å². The fourth-order valence-electron chi connectivity index (χ4n) is 3.75. The summed E-state index contributed by atoms with van der Waals surface area (Å²) in [5.74, 6) is -0.325. The van der Waals surface area contributed by atoms with Gasteiger partial charge in [0, 0.05) is 24.5 Å². The van der Waals surface area contributed by atoms with Gasteiger partial charge < -0.3 is 4.74 Å². The van der Waals surface area contributed by atoms with Crippen molar-refractivity contribution in [2.45, 2.75) is 37.6 Å². The zero-order valence-corrected chi connectivity index (χ0v) is 20.0. The Morgan fingerprint density at radius 3 is 2.47 bits per heavy atom. The summed E-state index contributed by atoms with van der Waals surface area (Å²) >= 11 is 1.56. The first kappa shape index (κ1) is 24.5. The van der Waals surface area contributed by atoms with Crippen LogP contribution in [0.5, 0.6) is 0 Å². The van der Waals surface area contributed by atoms with Gasteiger partial charge in [-0.2, -0.15) is 16.1 Å². The van der Waals surface area contributed by atoms with Crippen LogP contribution in [0.4, 0.5) is 0 Å². The Bertz CT molecular complexity index is 1020. The lowest BCUT2D eigenvalue weighted by molar-refractivity contribution is -0.149. The highest BCUT2D eigenvalue weighted by molar-refractivity contribution is 7.99. The molecule has 0 radical (unpaired) electrons. The van der Waals surface area contributed by atoms with Gasteiger partial charge in [-0.05, 0) is 38.0 Å². The molecule has 6 nitrogen and oxygen atoms in total. The molecule has 172 valence electrons. The van der Waals surface area contributed by atoms with E-state index in [2.05, 4.69) is 0 Å². The molecule has 1 aliphatic rings. The van der Waals surface area contributed by atoms with Gasteiger partial charge in [-0.3, -0.25) is 9.59 Å². The number of sulfonamides is 1. The van der Waals surface area contributed by atoms with Gasteiger partial charge in [0.15, 0.2) is 5.78 Å². The molecule has 3 rings (SSSR count). The number of rotatable bonds is 9. The first-order valence-electron chi connectivity index (χ1n) is 10.7. The number of benzene rings is 2. The number of Topliss-reactive ketones (excluding diaryl/α,β-unsaturated/α-hetero) is 1. The van der Waals surface area contributed by atoms with Crippen molar-refractivity contribution in [1.29, 1.82) is 0 Å². The van der Waals surface area contributed by atoms with Gasteiger partial charge in [0.25, 0.3) is 0 Å². The number of carbonyl (C=O) groups excluding carboxylic acids is 2. The smallest absolute Gasteiger partial charge is 0.309 e. The van der Waals surface area contributed by atoms with E-state index in [-0.39, 0.29) is 30.3 Å². The van der Waals surface area contributed by atoms with Gasteiger partial charge in [0.2, 0.25) is 10.0 Å². The van der Waals surface area contributed by atoms with Crippen molar-refractivity contribution in [3.63, 3.8) is 0 Å². The Hall–Kier alpha value is -2.16. The van der Waals surface area contributed by atoms with Crippen molar-refractivity contribution in [2.24, 2.45) is 5.92 Å². The second-order valence-electron chi connectivity index (χ2n) is 7.83. The first-order valence-corrected chi connectivity index (χ1v) is 13.3. The molecule has 1 saturated heterocycles. The van der Waals surface area contributed by atoms with Crippen LogP contribution in [0.25, 0.3) is 0 Å². The quantitative estimate of drug-likeness (QED) is 0.517. The number of hydrogen-bond acceptors (Lipinski definition) is 6. The van der Waals surface area contributed by atoms with E-state index in [9.17, 15) is 18.0 Å². The maximum atomic E-state index is 13.3. The number of thioether (sulfide) groups is 1. The highest BCUT2D eigenvalue weighted by Gasteiger charge is 2.39. The first-order chi connectivity index (χ1) is 15.3. The number of esters is 1. The number of ether oxygens (including phenoxy) is 1. The van der Waals surface area contributed by atoms with Gasteiger partial charge in [-0.1, -0.05) is 48.0 Å². The van der Waals surface area contributed by atoms with Crippen molar-refractivity contribution in [1.82, 2.24) is 4.31 Å². The summed E-state index contributed by atoms with van der Waals surface area (Å²) in [6.45, 7) is 4.11. The van der Waals surface area contributed by atoms with Gasteiger partial charge in [-0.25, -0.2) is 8.42 Å². The monoisotopic (exact) mass is 475 g/mol. The van der Waals surface area contributed by atoms with Crippen molar-refractivity contribution in [3.05, 3.63) is 65.7 Å². The molecule has 0 aromatic heterocycles. The normalized spacial score (nSPS) is 18.1. The minimum Gasteiger partial charge on any atom is -0.466 e. The lowest BCUT2D eigenvalue weighted by Crippen LogP contribution is -2.50. The Morgan fingerprint density at radius 2 is 1.81 bits per heavy atom. The molecule has 0 N–H and O–H groups in total. The van der Waals surface area contributed by atoms with E-state index >= 15 is 0 Å². The summed E-state index contributed by atoms with van der Waals surface area (Å²) < 4.78 is 33.1. The van der Waals surface area contributed by atoms with Crippen LogP contribution in [-0.2, 0) is 30.8 Å². The molecule has 0 aliphatic carbocycles. The standard InChI is InChI=1S/C24H29NO5S2/c1-3-30-24(27)20(15-19-7-5-4-6-8-19)16-23(26)22-17-31-14-13-25(22)32(28,29)21-11-9-18(2)10-12-21/h4-12,20,22H,3,13-17H2,1-2H3/t20-,22-/m0/s1. The van der Waals surface area contributed by atoms with E-state index in [1.54, 1.807) is 43.0 Å². The maximum absolute atomic E-state index is 13.3. The Kier molecular flexibility index (Phi) is 8.51. The topological polar surface area (TPSA) is 80.8 Å². The van der Waals surface area contributed by atoms with Crippen molar-refractivity contribution < 1.29 is 22.7 Å². The van der Waals surface area contributed by atoms with Crippen LogP contribution in [0, 0.1) is 12.8 Å². The molecule has 32 heavy (non-hydrogen) atoms. The molecule has 0 amide bonds. The summed E-state index contributed by atoms with van der Waals surface area (Å²) in [6.07, 6.45) is 0.314. The summed E-state index contributed by atoms with van der Waals surface area (Å²) in [7, 11) is -3.82. The second kappa shape index (κ2) is 11.1. The fourth-order valence-corrected chi connectivity index (χ4v) is 6.65. The van der Waals surface area contributed by atoms with E-state index < -0.39 is 28.0 Å². The molecule has 2 atom stereocenters. The van der Waals surface area contributed by atoms with Crippen LogP contribution >= 0.6 is 11.8 Å². The zero-order valence-electron chi connectivity index (χ0n) is 18.4. The summed E-state index contributed by atoms with van der Waals surface area (Å²) in [4.78, 5) is 26.1. The van der Waals surface area contributed by atoms with E-state index in [1.165, 1.54) is 4.31 Å². The molecule has 2 aromatic rings. The predicted molar refractivity (Wildman–Crippen MR) is 126 cm³/mol. The molecule has 2 aromatic carbocycles. The Labute approximate surface area is 194 Å². The molecule has 0 spiro atoms. The molecule has 8 heteroatoms. The molecule has 1 fully saturated rings. The fraction of sp³-hybridized carbons (Fsp3) is 0.417. The summed E-state index contributed by atoms with van der Waals surface area (Å²) in [5, 5.41) is 0. The number of ketones is 1. The SMILES string of the molecule is CCOC(=O)[C@H](CC(=O)[C@@H]1CSCCN1S(=O)(=O)c1ccc(C)cc1)Cc1ccccc1. The molecule has 0 saturated carbocycles. The molecule has 0 bridgehead atoms. The number of aryl methyl sites for hydroxylation is 1. The van der Waals surface area contributed by atoms with Crippen LogP contribution < -0.4 is 0 Å². The highest BCUT2D eigenvalue weighted by atomic mass is 32.2. The van der Waals surface area contributed by atoms with Crippen LogP contribution in [0.15, 0.2) is 59.5 Å². The average molecular weight is 476 g/mol. The van der Waals surface area contributed by atoms with E-state index in [0.29, 0.717) is 17.9 Å². The van der Waals surface area contributed by atoms with Crippen LogP contribution in [0.1, 0.15) is 24.5 Å². The Balaban J connectivity index is 1.81. The van der Waals surface area contributed by atoms with Gasteiger partial charge in [0.1, 0.15) is 0 Å². The third-order valence-electron chi connectivity index (χ3n) is 5.47.